The number of Topliss-reactive ketones (excluding diaryl/α,β-unsaturated/α-hetero) is 1. The van der Waals surface area contributed by atoms with Crippen LogP contribution in [0.25, 0.3) is 5.76 Å². The second kappa shape index (κ2) is 11.3. The maximum absolute atomic E-state index is 13.4. The lowest BCUT2D eigenvalue weighted by atomic mass is 9.95. The number of hydrogen-bond acceptors (Lipinski definition) is 8. The third-order valence-electron chi connectivity index (χ3n) is 5.87. The van der Waals surface area contributed by atoms with Gasteiger partial charge in [-0.15, -0.1) is 0 Å². The highest BCUT2D eigenvalue weighted by Gasteiger charge is 2.48. The van der Waals surface area contributed by atoms with Crippen molar-refractivity contribution in [3.63, 3.8) is 0 Å². The number of thiazole rings is 1. The second-order valence-corrected chi connectivity index (χ2v) is 10.2. The fourth-order valence-electron chi connectivity index (χ4n) is 3.98. The Balaban J connectivity index is 1.85. The summed E-state index contributed by atoms with van der Waals surface area (Å²) in [7, 11) is 1.26. The number of carbonyl (C=O) groups is 3. The van der Waals surface area contributed by atoms with Crippen LogP contribution < -0.4 is 9.64 Å². The van der Waals surface area contributed by atoms with Gasteiger partial charge in [0, 0.05) is 10.0 Å². The van der Waals surface area contributed by atoms with Crippen molar-refractivity contribution in [1.82, 2.24) is 4.98 Å². The smallest absolute Gasteiger partial charge is 0.350 e. The molecule has 37 heavy (non-hydrogen) atoms. The van der Waals surface area contributed by atoms with Crippen molar-refractivity contribution in [2.75, 3.05) is 18.6 Å². The number of aliphatic hydroxyl groups excluding tert-OH is 1. The lowest BCUT2D eigenvalue weighted by Crippen LogP contribution is -2.29. The molecule has 2 aromatic carbocycles. The zero-order valence-electron chi connectivity index (χ0n) is 20.5. The molecule has 1 aromatic heterocycles. The third kappa shape index (κ3) is 5.30. The summed E-state index contributed by atoms with van der Waals surface area (Å²) in [6, 6.07) is 12.9. The van der Waals surface area contributed by atoms with Gasteiger partial charge in [0.1, 0.15) is 16.4 Å². The van der Waals surface area contributed by atoms with E-state index in [0.29, 0.717) is 29.2 Å². The number of methoxy groups -OCH3 is 1. The van der Waals surface area contributed by atoms with Crippen LogP contribution in [0.15, 0.2) is 58.6 Å². The number of anilines is 1. The van der Waals surface area contributed by atoms with Crippen LogP contribution in [0.1, 0.15) is 52.3 Å². The quantitative estimate of drug-likeness (QED) is 0.117. The molecule has 1 fully saturated rings. The predicted molar refractivity (Wildman–Crippen MR) is 144 cm³/mol. The number of esters is 1. The zero-order chi connectivity index (χ0) is 26.7. The lowest BCUT2D eigenvalue weighted by Gasteiger charge is -2.23. The molecule has 1 amide bonds. The van der Waals surface area contributed by atoms with E-state index in [1.54, 1.807) is 55.5 Å². The van der Waals surface area contributed by atoms with Gasteiger partial charge in [0.05, 0.1) is 31.0 Å². The Morgan fingerprint density at radius 3 is 2.59 bits per heavy atom. The number of nitrogens with zero attached hydrogens (tertiary/aromatic N) is 2. The van der Waals surface area contributed by atoms with E-state index in [9.17, 15) is 19.5 Å². The Kier molecular flexibility index (Phi) is 8.09. The maximum Gasteiger partial charge on any atom is 0.350 e. The van der Waals surface area contributed by atoms with Crippen LogP contribution in [0.2, 0.25) is 0 Å². The molecule has 1 aliphatic heterocycles. The van der Waals surface area contributed by atoms with Gasteiger partial charge in [0.2, 0.25) is 0 Å². The van der Waals surface area contributed by atoms with Gasteiger partial charge in [-0.3, -0.25) is 14.5 Å². The molecule has 0 saturated carbocycles. The van der Waals surface area contributed by atoms with E-state index in [0.717, 1.165) is 28.7 Å². The van der Waals surface area contributed by atoms with Gasteiger partial charge in [-0.25, -0.2) is 9.78 Å². The molecule has 4 rings (SSSR count). The number of halogens is 1. The molecule has 0 radical (unpaired) electrons. The first kappa shape index (κ1) is 26.6. The van der Waals surface area contributed by atoms with Crippen molar-refractivity contribution in [1.29, 1.82) is 0 Å². The topological polar surface area (TPSA) is 106 Å². The first-order valence-corrected chi connectivity index (χ1v) is 13.2. The van der Waals surface area contributed by atoms with Crippen LogP contribution in [-0.4, -0.2) is 41.5 Å². The SMILES string of the molecule is CCCCOc1cccc(C(O)=C2C(=O)C(=O)N(c3nc(C)c(C(=O)OC)s3)C2c2ccc(Br)cc2)c1. The Morgan fingerprint density at radius 2 is 1.92 bits per heavy atom. The van der Waals surface area contributed by atoms with E-state index in [2.05, 4.69) is 27.8 Å². The van der Waals surface area contributed by atoms with Crippen molar-refractivity contribution in [2.45, 2.75) is 32.7 Å². The second-order valence-electron chi connectivity index (χ2n) is 8.35. The summed E-state index contributed by atoms with van der Waals surface area (Å²) < 4.78 is 11.4. The third-order valence-corrected chi connectivity index (χ3v) is 7.53. The molecule has 1 unspecified atom stereocenters. The summed E-state index contributed by atoms with van der Waals surface area (Å²) >= 11 is 4.36. The first-order chi connectivity index (χ1) is 17.8. The molecule has 0 spiro atoms. The van der Waals surface area contributed by atoms with Crippen molar-refractivity contribution >= 4 is 55.8 Å². The summed E-state index contributed by atoms with van der Waals surface area (Å²) in [4.78, 5) is 44.8. The molecule has 2 heterocycles. The monoisotopic (exact) mass is 584 g/mol. The Hall–Kier alpha value is -3.50. The highest BCUT2D eigenvalue weighted by atomic mass is 79.9. The Morgan fingerprint density at radius 1 is 1.19 bits per heavy atom. The van der Waals surface area contributed by atoms with Gasteiger partial charge >= 0.3 is 11.9 Å². The van der Waals surface area contributed by atoms with Gasteiger partial charge in [-0.05, 0) is 43.2 Å². The van der Waals surface area contributed by atoms with Crippen molar-refractivity contribution in [2.24, 2.45) is 0 Å². The van der Waals surface area contributed by atoms with Gasteiger partial charge in [0.15, 0.2) is 5.13 Å². The minimum absolute atomic E-state index is 0.0782. The Labute approximate surface area is 226 Å². The number of hydrogen-bond donors (Lipinski definition) is 1. The van der Waals surface area contributed by atoms with E-state index in [-0.39, 0.29) is 21.3 Å². The molecule has 1 aliphatic rings. The molecule has 10 heteroatoms. The van der Waals surface area contributed by atoms with E-state index in [1.165, 1.54) is 12.0 Å². The largest absolute Gasteiger partial charge is 0.507 e. The number of unbranched alkanes of at least 4 members (excludes halogenated alkanes) is 1. The van der Waals surface area contributed by atoms with Gasteiger partial charge in [0.25, 0.3) is 5.78 Å². The Bertz CT molecular complexity index is 1380. The molecule has 1 N–H and O–H groups in total. The molecule has 3 aromatic rings. The summed E-state index contributed by atoms with van der Waals surface area (Å²) in [5, 5.41) is 11.5. The van der Waals surface area contributed by atoms with Crippen LogP contribution in [0.5, 0.6) is 5.75 Å². The minimum Gasteiger partial charge on any atom is -0.507 e. The summed E-state index contributed by atoms with van der Waals surface area (Å²) in [6.07, 6.45) is 1.86. The molecular weight excluding hydrogens is 560 g/mol. The summed E-state index contributed by atoms with van der Waals surface area (Å²) in [5.74, 6) is -2.07. The molecule has 0 bridgehead atoms. The van der Waals surface area contributed by atoms with Gasteiger partial charge in [-0.1, -0.05) is 64.9 Å². The zero-order valence-corrected chi connectivity index (χ0v) is 22.9. The van der Waals surface area contributed by atoms with Crippen molar-refractivity contribution < 1.29 is 29.0 Å². The van der Waals surface area contributed by atoms with Gasteiger partial charge < -0.3 is 14.6 Å². The minimum atomic E-state index is -0.964. The normalized spacial score (nSPS) is 16.8. The fraction of sp³-hybridized carbons (Fsp3) is 0.259. The number of aliphatic hydroxyl groups is 1. The highest BCUT2D eigenvalue weighted by Crippen LogP contribution is 2.44. The number of aromatic nitrogens is 1. The van der Waals surface area contributed by atoms with Crippen LogP contribution >= 0.6 is 27.3 Å². The van der Waals surface area contributed by atoms with Crippen molar-refractivity contribution in [3.05, 3.63) is 80.3 Å². The average molecular weight is 585 g/mol. The van der Waals surface area contributed by atoms with Crippen LogP contribution in [-0.2, 0) is 14.3 Å². The molecule has 192 valence electrons. The highest BCUT2D eigenvalue weighted by molar-refractivity contribution is 9.10. The lowest BCUT2D eigenvalue weighted by molar-refractivity contribution is -0.132. The number of aryl methyl sites for hydroxylation is 1. The van der Waals surface area contributed by atoms with E-state index >= 15 is 0 Å². The molecular formula is C27H25BrN2O6S. The van der Waals surface area contributed by atoms with E-state index in [4.69, 9.17) is 9.47 Å². The van der Waals surface area contributed by atoms with E-state index in [1.807, 2.05) is 0 Å². The number of benzene rings is 2. The average Bonchev–Trinajstić information content (AvgIpc) is 3.40. The number of ketones is 1. The van der Waals surface area contributed by atoms with Crippen LogP contribution in [0.4, 0.5) is 5.13 Å². The maximum atomic E-state index is 13.4. The first-order valence-electron chi connectivity index (χ1n) is 11.6. The molecule has 1 saturated heterocycles. The van der Waals surface area contributed by atoms with Crippen LogP contribution in [0.3, 0.4) is 0 Å². The van der Waals surface area contributed by atoms with Crippen molar-refractivity contribution in [3.8, 4) is 5.75 Å². The molecule has 1 atom stereocenters. The predicted octanol–water partition coefficient (Wildman–Crippen LogP) is 5.81. The molecule has 8 nitrogen and oxygen atoms in total. The summed E-state index contributed by atoms with van der Waals surface area (Å²) in [6.45, 7) is 4.21. The molecule has 0 aliphatic carbocycles. The number of rotatable bonds is 8. The summed E-state index contributed by atoms with van der Waals surface area (Å²) in [5.41, 5.74) is 1.23. The number of carbonyl (C=O) groups excluding carboxylic acids is 3. The van der Waals surface area contributed by atoms with E-state index < -0.39 is 23.7 Å². The number of amides is 1. The van der Waals surface area contributed by atoms with Gasteiger partial charge in [-0.2, -0.15) is 0 Å². The fourth-order valence-corrected chi connectivity index (χ4v) is 5.26. The number of ether oxygens (including phenoxy) is 2. The van der Waals surface area contributed by atoms with Crippen LogP contribution in [0, 0.1) is 6.92 Å². The standard InChI is InChI=1S/C27H25BrN2O6S/c1-4-5-13-36-19-8-6-7-17(14-19)22(31)20-21(16-9-11-18(28)12-10-16)30(25(33)23(20)32)27-29-15(2)24(37-27)26(34)35-3/h6-12,14,21,31H,4-5,13H2,1-3H3.